The zero-order chi connectivity index (χ0) is 25.7. The Balaban J connectivity index is 0.00000130. The lowest BCUT2D eigenvalue weighted by atomic mass is 9.80. The van der Waals surface area contributed by atoms with Gasteiger partial charge in [0.25, 0.3) is 0 Å². The fourth-order valence-corrected chi connectivity index (χ4v) is 5.79. The number of likely N-dealkylation sites (tertiary alicyclic amines) is 1. The van der Waals surface area contributed by atoms with Gasteiger partial charge in [-0.25, -0.2) is 4.39 Å². The van der Waals surface area contributed by atoms with Crippen LogP contribution in [0, 0.1) is 12.7 Å². The molecule has 3 atom stereocenters. The maximum Gasteiger partial charge on any atom is 0.234 e. The summed E-state index contributed by atoms with van der Waals surface area (Å²) in [5.74, 6) is -0.715. The molecule has 2 aromatic heterocycles. The third-order valence-electron chi connectivity index (χ3n) is 7.60. The molecule has 8 nitrogen and oxygen atoms in total. The van der Waals surface area contributed by atoms with Gasteiger partial charge in [-0.2, -0.15) is 0 Å². The first-order valence-electron chi connectivity index (χ1n) is 12.6. The zero-order valence-electron chi connectivity index (χ0n) is 21.1. The molecule has 1 N–H and O–H groups in total. The highest BCUT2D eigenvalue weighted by Gasteiger charge is 2.70. The molecule has 3 aliphatic rings. The van der Waals surface area contributed by atoms with Crippen LogP contribution >= 0.6 is 0 Å². The Morgan fingerprint density at radius 1 is 1.25 bits per heavy atom. The predicted octanol–water partition coefficient (Wildman–Crippen LogP) is 4.11. The number of aromatic nitrogens is 2. The number of epoxide rings is 1. The molecule has 9 heteroatoms. The van der Waals surface area contributed by atoms with E-state index in [1.54, 1.807) is 18.3 Å². The van der Waals surface area contributed by atoms with E-state index in [0.29, 0.717) is 53.7 Å². The summed E-state index contributed by atoms with van der Waals surface area (Å²) in [4.78, 5) is 30.8. The molecule has 5 heterocycles. The Kier molecular flexibility index (Phi) is 6.16. The molecule has 3 unspecified atom stereocenters. The van der Waals surface area contributed by atoms with Crippen LogP contribution in [0.5, 0.6) is 0 Å². The molecule has 6 rings (SSSR count). The quantitative estimate of drug-likeness (QED) is 0.430. The second-order valence-corrected chi connectivity index (χ2v) is 9.76. The summed E-state index contributed by atoms with van der Waals surface area (Å²) in [5.41, 5.74) is 1.19. The van der Waals surface area contributed by atoms with Crippen LogP contribution in [0.15, 0.2) is 35.0 Å². The van der Waals surface area contributed by atoms with Crippen LogP contribution in [0.25, 0.3) is 10.9 Å². The maximum absolute atomic E-state index is 16.0. The molecule has 36 heavy (non-hydrogen) atoms. The number of nitrogens with one attached hydrogen (secondary N) is 1. The number of piperidine rings is 2. The van der Waals surface area contributed by atoms with Crippen LogP contribution in [-0.2, 0) is 26.5 Å². The van der Waals surface area contributed by atoms with E-state index in [1.807, 2.05) is 39.8 Å². The van der Waals surface area contributed by atoms with Gasteiger partial charge >= 0.3 is 0 Å². The molecular formula is C27H31FN4O4. The third kappa shape index (κ3) is 3.90. The number of ether oxygens (including phenoxy) is 1. The molecule has 0 aliphatic carbocycles. The SMILES string of the molecule is CC.Cc1nc2ccc(C34CCN(Cc5ccno5)CC3(C)O4)c(F)c2cc1C1CCC(=O)NC1=O. The van der Waals surface area contributed by atoms with Crippen LogP contribution in [0.2, 0.25) is 0 Å². The highest BCUT2D eigenvalue weighted by Crippen LogP contribution is 2.61. The van der Waals surface area contributed by atoms with E-state index >= 15 is 4.39 Å². The molecule has 3 saturated heterocycles. The van der Waals surface area contributed by atoms with Crippen molar-refractivity contribution in [3.05, 3.63) is 58.9 Å². The van der Waals surface area contributed by atoms with E-state index in [4.69, 9.17) is 9.26 Å². The predicted molar refractivity (Wildman–Crippen MR) is 130 cm³/mol. The van der Waals surface area contributed by atoms with Crippen LogP contribution in [0.4, 0.5) is 4.39 Å². The summed E-state index contributed by atoms with van der Waals surface area (Å²) >= 11 is 0. The molecule has 3 fully saturated rings. The van der Waals surface area contributed by atoms with Gasteiger partial charge in [0.05, 0.1) is 24.2 Å². The van der Waals surface area contributed by atoms with Crippen LogP contribution < -0.4 is 5.32 Å². The average Bonchev–Trinajstić information content (AvgIpc) is 3.17. The van der Waals surface area contributed by atoms with E-state index in [2.05, 4.69) is 20.4 Å². The Morgan fingerprint density at radius 3 is 2.75 bits per heavy atom. The maximum atomic E-state index is 16.0. The minimum Gasteiger partial charge on any atom is -0.360 e. The highest BCUT2D eigenvalue weighted by atomic mass is 19.1. The summed E-state index contributed by atoms with van der Waals surface area (Å²) in [6, 6.07) is 7.18. The lowest BCUT2D eigenvalue weighted by Gasteiger charge is -2.32. The van der Waals surface area contributed by atoms with Crippen molar-refractivity contribution in [3.8, 4) is 0 Å². The lowest BCUT2D eigenvalue weighted by molar-refractivity contribution is -0.134. The summed E-state index contributed by atoms with van der Waals surface area (Å²) in [7, 11) is 0. The number of halogens is 1. The van der Waals surface area contributed by atoms with Crippen LogP contribution in [-0.4, -0.2) is 45.5 Å². The molecule has 0 bridgehead atoms. The van der Waals surface area contributed by atoms with Crippen molar-refractivity contribution in [3.63, 3.8) is 0 Å². The average molecular weight is 495 g/mol. The van der Waals surface area contributed by atoms with Gasteiger partial charge in [0.15, 0.2) is 5.76 Å². The van der Waals surface area contributed by atoms with E-state index in [9.17, 15) is 9.59 Å². The molecule has 2 amide bonds. The molecule has 0 saturated carbocycles. The molecule has 3 aromatic rings. The number of rotatable bonds is 4. The number of carbonyl (C=O) groups excluding carboxylic acids is 2. The largest absolute Gasteiger partial charge is 0.360 e. The van der Waals surface area contributed by atoms with E-state index in [1.165, 1.54) is 0 Å². The number of hydrogen-bond acceptors (Lipinski definition) is 7. The first-order chi connectivity index (χ1) is 17.3. The number of nitrogens with zero attached hydrogens (tertiary/aromatic N) is 3. The molecule has 3 aliphatic heterocycles. The number of benzene rings is 1. The normalized spacial score (nSPS) is 27.8. The van der Waals surface area contributed by atoms with Crippen molar-refractivity contribution in [2.45, 2.75) is 70.6 Å². The van der Waals surface area contributed by atoms with Crippen molar-refractivity contribution in [2.24, 2.45) is 0 Å². The smallest absolute Gasteiger partial charge is 0.234 e. The Bertz CT molecular complexity index is 1330. The summed E-state index contributed by atoms with van der Waals surface area (Å²) < 4.78 is 27.5. The van der Waals surface area contributed by atoms with Crippen molar-refractivity contribution in [1.82, 2.24) is 20.4 Å². The minimum atomic E-state index is -0.692. The van der Waals surface area contributed by atoms with E-state index in [-0.39, 0.29) is 24.1 Å². The van der Waals surface area contributed by atoms with E-state index < -0.39 is 17.1 Å². The van der Waals surface area contributed by atoms with Gasteiger partial charge in [-0.3, -0.25) is 24.8 Å². The Morgan fingerprint density at radius 2 is 2.06 bits per heavy atom. The molecular weight excluding hydrogens is 463 g/mol. The number of hydrogen-bond donors (Lipinski definition) is 1. The monoisotopic (exact) mass is 494 g/mol. The van der Waals surface area contributed by atoms with Gasteiger partial charge in [0, 0.05) is 42.2 Å². The number of carbonyl (C=O) groups is 2. The van der Waals surface area contributed by atoms with Crippen LogP contribution in [0.1, 0.15) is 68.5 Å². The number of pyridine rings is 1. The third-order valence-corrected chi connectivity index (χ3v) is 7.60. The van der Waals surface area contributed by atoms with Gasteiger partial charge < -0.3 is 9.26 Å². The van der Waals surface area contributed by atoms with Gasteiger partial charge in [-0.15, -0.1) is 0 Å². The number of imide groups is 1. The van der Waals surface area contributed by atoms with Gasteiger partial charge in [-0.1, -0.05) is 25.1 Å². The molecule has 0 spiro atoms. The standard InChI is InChI=1S/C25H25FN4O4.C2H6/c1-14-17(16-3-6-21(31)29-23(16)32)11-18-20(28-14)5-4-19(22(18)26)25-8-10-30(13-24(25,2)34-25)12-15-7-9-27-33-15;1-2/h4-5,7,9,11,16H,3,6,8,10,12-13H2,1-2H3,(H,29,31,32);1-2H3. The fraction of sp³-hybridized carbons (Fsp3) is 0.481. The second-order valence-electron chi connectivity index (χ2n) is 9.76. The zero-order valence-corrected chi connectivity index (χ0v) is 21.1. The number of fused-ring (bicyclic) bond motifs is 2. The Hall–Kier alpha value is -3.17. The van der Waals surface area contributed by atoms with Crippen molar-refractivity contribution in [1.29, 1.82) is 0 Å². The van der Waals surface area contributed by atoms with Crippen molar-refractivity contribution < 1.29 is 23.2 Å². The first kappa shape index (κ1) is 24.5. The highest BCUT2D eigenvalue weighted by molar-refractivity contribution is 6.01. The van der Waals surface area contributed by atoms with Gasteiger partial charge in [0.2, 0.25) is 11.8 Å². The number of aryl methyl sites for hydroxylation is 1. The minimum absolute atomic E-state index is 0.260. The molecule has 1 aromatic carbocycles. The molecule has 190 valence electrons. The summed E-state index contributed by atoms with van der Waals surface area (Å²) in [5, 5.41) is 6.52. The molecule has 0 radical (unpaired) electrons. The number of amides is 2. The summed E-state index contributed by atoms with van der Waals surface area (Å²) in [6.45, 7) is 9.85. The second kappa shape index (κ2) is 9.05. The van der Waals surface area contributed by atoms with Crippen molar-refractivity contribution >= 4 is 22.7 Å². The first-order valence-corrected chi connectivity index (χ1v) is 12.6. The Labute approximate surface area is 209 Å². The van der Waals surface area contributed by atoms with Crippen LogP contribution in [0.3, 0.4) is 0 Å². The summed E-state index contributed by atoms with van der Waals surface area (Å²) in [6.07, 6.45) is 2.93. The van der Waals surface area contributed by atoms with E-state index in [0.717, 1.165) is 12.3 Å². The van der Waals surface area contributed by atoms with Gasteiger partial charge in [-0.05, 0) is 44.4 Å². The topological polar surface area (TPSA) is 101 Å². The van der Waals surface area contributed by atoms with Crippen molar-refractivity contribution in [2.75, 3.05) is 13.1 Å². The van der Waals surface area contributed by atoms with Gasteiger partial charge in [0.1, 0.15) is 17.0 Å². The fourth-order valence-electron chi connectivity index (χ4n) is 5.79. The lowest BCUT2D eigenvalue weighted by Crippen LogP contribution is -2.44.